The Hall–Kier alpha value is -0.900. The minimum absolute atomic E-state index is 0.134. The highest BCUT2D eigenvalue weighted by Crippen LogP contribution is 1.98. The highest BCUT2D eigenvalue weighted by molar-refractivity contribution is 7.89. The van der Waals surface area contributed by atoms with Crippen LogP contribution in [-0.4, -0.2) is 96.4 Å². The fourth-order valence-electron chi connectivity index (χ4n) is 2.14. The van der Waals surface area contributed by atoms with E-state index in [1.807, 2.05) is 6.92 Å². The van der Waals surface area contributed by atoms with Crippen molar-refractivity contribution < 1.29 is 13.2 Å². The van der Waals surface area contributed by atoms with Crippen LogP contribution in [0.1, 0.15) is 26.7 Å². The van der Waals surface area contributed by atoms with E-state index in [1.54, 1.807) is 21.1 Å². The van der Waals surface area contributed by atoms with Gasteiger partial charge in [0.05, 0.1) is 5.75 Å². The molecule has 0 aliphatic carbocycles. The first-order chi connectivity index (χ1) is 11.9. The molecule has 0 spiro atoms. The summed E-state index contributed by atoms with van der Waals surface area (Å²) < 4.78 is 29.8. The Morgan fingerprint density at radius 1 is 1.08 bits per heavy atom. The molecule has 0 rings (SSSR count). The van der Waals surface area contributed by atoms with Crippen LogP contribution in [0.3, 0.4) is 0 Å². The zero-order valence-electron chi connectivity index (χ0n) is 16.5. The molecule has 0 aromatic heterocycles. The van der Waals surface area contributed by atoms with Gasteiger partial charge in [-0.25, -0.2) is 12.7 Å². The summed E-state index contributed by atoms with van der Waals surface area (Å²) in [5.41, 5.74) is 0. The van der Waals surface area contributed by atoms with Gasteiger partial charge in [0.15, 0.2) is 5.96 Å². The second-order valence-electron chi connectivity index (χ2n) is 5.91. The molecule has 0 aromatic rings. The zero-order chi connectivity index (χ0) is 19.1. The number of ether oxygens (including phenoxy) is 1. The highest BCUT2D eigenvalue weighted by Gasteiger charge is 2.13. The SMILES string of the molecule is CCNC(=NCCCN(C)S(=O)(=O)CC)NCCN(C)CCCOC. The molecule has 8 nitrogen and oxygen atoms in total. The summed E-state index contributed by atoms with van der Waals surface area (Å²) in [5, 5.41) is 6.51. The van der Waals surface area contributed by atoms with Gasteiger partial charge in [-0.3, -0.25) is 4.99 Å². The van der Waals surface area contributed by atoms with E-state index < -0.39 is 10.0 Å². The van der Waals surface area contributed by atoms with Crippen LogP contribution in [0, 0.1) is 0 Å². The Morgan fingerprint density at radius 3 is 2.40 bits per heavy atom. The second kappa shape index (κ2) is 14.3. The lowest BCUT2D eigenvalue weighted by Gasteiger charge is -2.18. The van der Waals surface area contributed by atoms with Crippen molar-refractivity contribution in [2.75, 3.05) is 72.8 Å². The van der Waals surface area contributed by atoms with Crippen LogP contribution in [-0.2, 0) is 14.8 Å². The smallest absolute Gasteiger partial charge is 0.213 e. The Morgan fingerprint density at radius 2 is 1.80 bits per heavy atom. The molecule has 2 N–H and O–H groups in total. The van der Waals surface area contributed by atoms with Crippen LogP contribution in [0.4, 0.5) is 0 Å². The maximum Gasteiger partial charge on any atom is 0.213 e. The Labute approximate surface area is 154 Å². The lowest BCUT2D eigenvalue weighted by Crippen LogP contribution is -2.41. The number of hydrogen-bond acceptors (Lipinski definition) is 5. The van der Waals surface area contributed by atoms with Gasteiger partial charge in [-0.2, -0.15) is 0 Å². The highest BCUT2D eigenvalue weighted by atomic mass is 32.2. The number of nitrogens with one attached hydrogen (secondary N) is 2. The predicted octanol–water partition coefficient (Wildman–Crippen LogP) is 0.181. The lowest BCUT2D eigenvalue weighted by atomic mass is 10.4. The summed E-state index contributed by atoms with van der Waals surface area (Å²) >= 11 is 0. The molecule has 0 heterocycles. The Bertz CT molecular complexity index is 457. The van der Waals surface area contributed by atoms with Crippen LogP contribution >= 0.6 is 0 Å². The first-order valence-electron chi connectivity index (χ1n) is 9.01. The first-order valence-corrected chi connectivity index (χ1v) is 10.6. The average molecular weight is 380 g/mol. The molecule has 0 saturated heterocycles. The van der Waals surface area contributed by atoms with Crippen molar-refractivity contribution in [3.05, 3.63) is 0 Å². The van der Waals surface area contributed by atoms with Crippen molar-refractivity contribution in [2.24, 2.45) is 4.99 Å². The fourth-order valence-corrected chi connectivity index (χ4v) is 2.99. The van der Waals surface area contributed by atoms with Gasteiger partial charge in [-0.05, 0) is 33.7 Å². The second-order valence-corrected chi connectivity index (χ2v) is 8.28. The molecular formula is C16H37N5O3S. The third-order valence-electron chi connectivity index (χ3n) is 3.76. The van der Waals surface area contributed by atoms with Crippen molar-refractivity contribution >= 4 is 16.0 Å². The van der Waals surface area contributed by atoms with E-state index in [2.05, 4.69) is 27.6 Å². The molecule has 25 heavy (non-hydrogen) atoms. The molecule has 0 aliphatic heterocycles. The van der Waals surface area contributed by atoms with Gasteiger partial charge >= 0.3 is 0 Å². The lowest BCUT2D eigenvalue weighted by molar-refractivity contribution is 0.180. The number of methoxy groups -OCH3 is 1. The monoisotopic (exact) mass is 379 g/mol. The quantitative estimate of drug-likeness (QED) is 0.254. The van der Waals surface area contributed by atoms with Crippen LogP contribution in [0.5, 0.6) is 0 Å². The number of rotatable bonds is 14. The number of sulfonamides is 1. The van der Waals surface area contributed by atoms with E-state index in [9.17, 15) is 8.42 Å². The molecule has 0 fully saturated rings. The van der Waals surface area contributed by atoms with Crippen molar-refractivity contribution in [3.8, 4) is 0 Å². The van der Waals surface area contributed by atoms with Gasteiger partial charge in [-0.1, -0.05) is 0 Å². The molecule has 0 bridgehead atoms. The Kier molecular flexibility index (Phi) is 13.8. The summed E-state index contributed by atoms with van der Waals surface area (Å²) in [5.74, 6) is 0.906. The predicted molar refractivity (Wildman–Crippen MR) is 105 cm³/mol. The fraction of sp³-hybridized carbons (Fsp3) is 0.938. The van der Waals surface area contributed by atoms with Gasteiger partial charge in [0.1, 0.15) is 0 Å². The van der Waals surface area contributed by atoms with Crippen molar-refractivity contribution in [1.82, 2.24) is 19.8 Å². The average Bonchev–Trinajstić information content (AvgIpc) is 2.58. The van der Waals surface area contributed by atoms with E-state index in [4.69, 9.17) is 4.74 Å². The van der Waals surface area contributed by atoms with E-state index in [1.165, 1.54) is 4.31 Å². The largest absolute Gasteiger partial charge is 0.385 e. The minimum Gasteiger partial charge on any atom is -0.385 e. The number of nitrogens with zero attached hydrogens (tertiary/aromatic N) is 3. The maximum absolute atomic E-state index is 11.7. The molecule has 0 aromatic carbocycles. The van der Waals surface area contributed by atoms with Crippen LogP contribution in [0.25, 0.3) is 0 Å². The summed E-state index contributed by atoms with van der Waals surface area (Å²) in [6.07, 6.45) is 1.72. The van der Waals surface area contributed by atoms with Gasteiger partial charge in [0.2, 0.25) is 10.0 Å². The summed E-state index contributed by atoms with van der Waals surface area (Å²) in [4.78, 5) is 6.75. The van der Waals surface area contributed by atoms with Gasteiger partial charge in [-0.15, -0.1) is 0 Å². The van der Waals surface area contributed by atoms with E-state index in [0.717, 1.165) is 45.2 Å². The Balaban J connectivity index is 4.12. The van der Waals surface area contributed by atoms with E-state index in [-0.39, 0.29) is 5.75 Å². The van der Waals surface area contributed by atoms with Gasteiger partial charge in [0.25, 0.3) is 0 Å². The topological polar surface area (TPSA) is 86.3 Å². The molecule has 0 saturated carbocycles. The van der Waals surface area contributed by atoms with Crippen molar-refractivity contribution in [2.45, 2.75) is 26.7 Å². The summed E-state index contributed by atoms with van der Waals surface area (Å²) in [7, 11) is 2.32. The maximum atomic E-state index is 11.7. The third kappa shape index (κ3) is 12.1. The molecule has 0 unspecified atom stereocenters. The molecule has 9 heteroatoms. The zero-order valence-corrected chi connectivity index (χ0v) is 17.4. The van der Waals surface area contributed by atoms with Crippen LogP contribution in [0.15, 0.2) is 4.99 Å². The van der Waals surface area contributed by atoms with Crippen LogP contribution < -0.4 is 10.6 Å². The van der Waals surface area contributed by atoms with E-state index in [0.29, 0.717) is 19.5 Å². The van der Waals surface area contributed by atoms with Crippen molar-refractivity contribution in [3.63, 3.8) is 0 Å². The minimum atomic E-state index is -3.10. The van der Waals surface area contributed by atoms with Crippen LogP contribution in [0.2, 0.25) is 0 Å². The van der Waals surface area contributed by atoms with Gasteiger partial charge in [0, 0.05) is 60.0 Å². The number of hydrogen-bond donors (Lipinski definition) is 2. The van der Waals surface area contributed by atoms with Crippen molar-refractivity contribution in [1.29, 1.82) is 0 Å². The summed E-state index contributed by atoms with van der Waals surface area (Å²) in [6.45, 7) is 9.05. The molecule has 0 atom stereocenters. The first kappa shape index (κ1) is 24.1. The summed E-state index contributed by atoms with van der Waals surface area (Å²) in [6, 6.07) is 0. The normalized spacial score (nSPS) is 12.8. The molecule has 0 aliphatic rings. The van der Waals surface area contributed by atoms with Gasteiger partial charge < -0.3 is 20.3 Å². The molecular weight excluding hydrogens is 342 g/mol. The number of aliphatic imine (C=N–C) groups is 1. The van der Waals surface area contributed by atoms with E-state index >= 15 is 0 Å². The number of guanidine groups is 1. The molecule has 150 valence electrons. The molecule has 0 amide bonds. The standard InChI is InChI=1S/C16H37N5O3S/c1-6-17-16(19-11-14-20(3)12-9-15-24-5)18-10-8-13-21(4)25(22,23)7-2/h6-15H2,1-5H3,(H2,17,18,19). The third-order valence-corrected chi connectivity index (χ3v) is 5.62. The number of likely N-dealkylation sites (N-methyl/N-ethyl adjacent to an activating group) is 1. The molecule has 0 radical (unpaired) electrons.